The minimum absolute atomic E-state index is 0.152. The first-order valence-electron chi connectivity index (χ1n) is 10.7. The van der Waals surface area contributed by atoms with Crippen molar-refractivity contribution in [2.24, 2.45) is 0 Å². The normalized spacial score (nSPS) is 10.4. The van der Waals surface area contributed by atoms with Crippen LogP contribution in [0.4, 0.5) is 23.0 Å². The second-order valence-corrected chi connectivity index (χ2v) is 13.5. The van der Waals surface area contributed by atoms with Crippen molar-refractivity contribution in [1.29, 1.82) is 0 Å². The molecule has 0 fully saturated rings. The Morgan fingerprint density at radius 2 is 1.03 bits per heavy atom. The summed E-state index contributed by atoms with van der Waals surface area (Å²) in [5.41, 5.74) is 0.0584. The molecule has 190 valence electrons. The summed E-state index contributed by atoms with van der Waals surface area (Å²) in [6, 6.07) is 19.1. The van der Waals surface area contributed by atoms with Crippen LogP contribution >= 0.6 is 0 Å². The summed E-state index contributed by atoms with van der Waals surface area (Å²) >= 11 is -0.519. The summed E-state index contributed by atoms with van der Waals surface area (Å²) in [5, 5.41) is 27.6. The molecule has 0 radical (unpaired) electrons. The number of pyridine rings is 2. The molecule has 0 aliphatic rings. The third-order valence-electron chi connectivity index (χ3n) is 4.91. The number of nitro groups is 2. The van der Waals surface area contributed by atoms with E-state index in [1.807, 2.05) is 0 Å². The predicted octanol–water partition coefficient (Wildman–Crippen LogP) is 2.07. The van der Waals surface area contributed by atoms with Crippen molar-refractivity contribution >= 4 is 70.0 Å². The fraction of sp³-hybridized carbons (Fsp3) is 0. The van der Waals surface area contributed by atoms with Gasteiger partial charge in [0.05, 0.1) is 0 Å². The third-order valence-corrected chi connectivity index (χ3v) is 12.2. The van der Waals surface area contributed by atoms with E-state index in [1.165, 1.54) is 36.7 Å². The van der Waals surface area contributed by atoms with Crippen molar-refractivity contribution in [2.75, 3.05) is 10.6 Å². The molecule has 4 aromatic rings. The molecule has 0 saturated heterocycles. The van der Waals surface area contributed by atoms with Gasteiger partial charge in [0.25, 0.3) is 0 Å². The summed E-state index contributed by atoms with van der Waals surface area (Å²) in [7, 11) is 0. The number of nitrogens with zero attached hydrogens (tertiary/aromatic N) is 4. The monoisotopic (exact) mass is 644 g/mol. The maximum atomic E-state index is 13.0. The quantitative estimate of drug-likeness (QED) is 0.159. The van der Waals surface area contributed by atoms with Crippen molar-refractivity contribution in [2.45, 2.75) is 0 Å². The molecule has 0 atom stereocenters. The third kappa shape index (κ3) is 6.25. The second kappa shape index (κ2) is 12.2. The van der Waals surface area contributed by atoms with Crippen molar-refractivity contribution < 1.29 is 19.4 Å². The van der Waals surface area contributed by atoms with Gasteiger partial charge in [-0.05, 0) is 0 Å². The topological polar surface area (TPSA) is 170 Å². The summed E-state index contributed by atoms with van der Waals surface area (Å²) in [4.78, 5) is 55.1. The zero-order valence-corrected chi connectivity index (χ0v) is 22.6. The molecule has 2 aromatic carbocycles. The summed E-state index contributed by atoms with van der Waals surface area (Å²) in [6.07, 6.45) is 2.70. The summed E-state index contributed by atoms with van der Waals surface area (Å²) in [5.74, 6) is -1.37. The zero-order valence-electron chi connectivity index (χ0n) is 19.1. The summed E-state index contributed by atoms with van der Waals surface area (Å²) in [6.45, 7) is 0. The number of aromatic nitrogens is 2. The molecule has 0 aliphatic heterocycles. The van der Waals surface area contributed by atoms with Gasteiger partial charge in [0, 0.05) is 0 Å². The fourth-order valence-electron chi connectivity index (χ4n) is 3.17. The van der Waals surface area contributed by atoms with Crippen LogP contribution in [0.15, 0.2) is 85.2 Å². The molecule has 2 aromatic heterocycles. The number of carbonyl (C=O) groups is 2. The first-order valence-corrected chi connectivity index (χ1v) is 16.7. The van der Waals surface area contributed by atoms with E-state index < -0.39 is 21.7 Å². The first kappa shape index (κ1) is 26.6. The Balaban J connectivity index is 1.53. The molecule has 0 aliphatic carbocycles. The van der Waals surface area contributed by atoms with Gasteiger partial charge in [0.1, 0.15) is 0 Å². The fourth-order valence-corrected chi connectivity index (χ4v) is 10.3. The van der Waals surface area contributed by atoms with E-state index in [2.05, 4.69) is 20.6 Å². The van der Waals surface area contributed by atoms with E-state index in [1.54, 1.807) is 48.5 Å². The Morgan fingerprint density at radius 1 is 0.632 bits per heavy atom. The molecular formula is C24H16N6O6Se2. The van der Waals surface area contributed by atoms with Crippen LogP contribution in [-0.4, -0.2) is 57.9 Å². The number of rotatable bonds is 9. The number of anilines is 2. The van der Waals surface area contributed by atoms with Gasteiger partial charge in [-0.1, -0.05) is 0 Å². The average Bonchev–Trinajstić information content (AvgIpc) is 2.92. The molecule has 2 amide bonds. The van der Waals surface area contributed by atoms with E-state index in [9.17, 15) is 29.8 Å². The Bertz CT molecular complexity index is 1440. The average molecular weight is 642 g/mol. The minimum atomic E-state index is -0.622. The van der Waals surface area contributed by atoms with Gasteiger partial charge >= 0.3 is 227 Å². The first-order chi connectivity index (χ1) is 18.3. The van der Waals surface area contributed by atoms with E-state index in [0.717, 1.165) is 8.92 Å². The van der Waals surface area contributed by atoms with E-state index >= 15 is 0 Å². The van der Waals surface area contributed by atoms with Crippen molar-refractivity contribution in [3.8, 4) is 0 Å². The maximum absolute atomic E-state index is 13.0. The van der Waals surface area contributed by atoms with Crippen LogP contribution in [0.1, 0.15) is 20.7 Å². The van der Waals surface area contributed by atoms with Crippen molar-refractivity contribution in [3.63, 3.8) is 0 Å². The number of amides is 2. The van der Waals surface area contributed by atoms with Crippen molar-refractivity contribution in [3.05, 3.63) is 117 Å². The molecule has 2 heterocycles. The Hall–Kier alpha value is -4.48. The number of hydrogen-bond acceptors (Lipinski definition) is 8. The van der Waals surface area contributed by atoms with Crippen LogP contribution in [0.5, 0.6) is 0 Å². The number of nitrogens with one attached hydrogen (secondary N) is 2. The molecule has 0 saturated carbocycles. The number of benzene rings is 2. The Labute approximate surface area is 226 Å². The van der Waals surface area contributed by atoms with Crippen LogP contribution in [-0.2, 0) is 0 Å². The van der Waals surface area contributed by atoms with E-state index in [4.69, 9.17) is 0 Å². The molecule has 0 bridgehead atoms. The summed E-state index contributed by atoms with van der Waals surface area (Å²) < 4.78 is 1.48. The molecule has 14 heteroatoms. The van der Waals surface area contributed by atoms with Gasteiger partial charge in [-0.15, -0.1) is 0 Å². The van der Waals surface area contributed by atoms with Gasteiger partial charge in [-0.25, -0.2) is 0 Å². The number of carbonyl (C=O) groups excluding carboxylic acids is 2. The molecule has 12 nitrogen and oxygen atoms in total. The van der Waals surface area contributed by atoms with Gasteiger partial charge < -0.3 is 0 Å². The van der Waals surface area contributed by atoms with Gasteiger partial charge in [-0.3, -0.25) is 0 Å². The van der Waals surface area contributed by atoms with Crippen LogP contribution in [0.25, 0.3) is 0 Å². The molecule has 0 spiro atoms. The van der Waals surface area contributed by atoms with Crippen LogP contribution in [0.2, 0.25) is 0 Å². The zero-order chi connectivity index (χ0) is 27.1. The van der Waals surface area contributed by atoms with Gasteiger partial charge in [-0.2, -0.15) is 0 Å². The Morgan fingerprint density at radius 3 is 1.42 bits per heavy atom. The van der Waals surface area contributed by atoms with Crippen LogP contribution in [0, 0.1) is 20.2 Å². The van der Waals surface area contributed by atoms with E-state index in [-0.39, 0.29) is 49.3 Å². The molecule has 38 heavy (non-hydrogen) atoms. The van der Waals surface area contributed by atoms with Gasteiger partial charge in [0.15, 0.2) is 0 Å². The second-order valence-electron chi connectivity index (χ2n) is 7.32. The Kier molecular flexibility index (Phi) is 8.51. The van der Waals surface area contributed by atoms with Crippen LogP contribution in [0.3, 0.4) is 0 Å². The number of hydrogen-bond donors (Lipinski definition) is 2. The van der Waals surface area contributed by atoms with Gasteiger partial charge in [0.2, 0.25) is 0 Å². The molecular weight excluding hydrogens is 626 g/mol. The molecule has 0 unspecified atom stereocenters. The predicted molar refractivity (Wildman–Crippen MR) is 141 cm³/mol. The van der Waals surface area contributed by atoms with E-state index in [0.29, 0.717) is 11.1 Å². The molecule has 4 rings (SSSR count). The van der Waals surface area contributed by atoms with Crippen molar-refractivity contribution in [1.82, 2.24) is 9.97 Å². The van der Waals surface area contributed by atoms with Crippen LogP contribution < -0.4 is 19.6 Å². The standard InChI is InChI=1S/C24H16N6O6Se2/c31-23(27-21-17(29(33)34)9-5-13-25-21)15-7-1-3-11-19(15)37-38-20-12-4-2-8-16(20)24(32)28-22-18(30(35)36)10-6-14-26-22/h1-14H,(H,25,27,31)(H,26,28,32). The SMILES string of the molecule is O=C(Nc1ncccc1[N+](=O)[O-])c1ccccc1[Se][Se]c1ccccc1C(=O)Nc1ncccc1[N+](=O)[O-]. The molecule has 2 N–H and O–H groups in total.